The molecule has 1 fully saturated rings. The maximum absolute atomic E-state index is 12.1. The predicted octanol–water partition coefficient (Wildman–Crippen LogP) is 1.15. The highest BCUT2D eigenvalue weighted by atomic mass is 16.5. The van der Waals surface area contributed by atoms with Crippen molar-refractivity contribution in [3.8, 4) is 0 Å². The third-order valence-electron chi connectivity index (χ3n) is 3.17. The van der Waals surface area contributed by atoms with Gasteiger partial charge in [-0.15, -0.1) is 0 Å². The molecule has 0 aliphatic carbocycles. The van der Waals surface area contributed by atoms with Gasteiger partial charge in [-0.1, -0.05) is 5.16 Å². The summed E-state index contributed by atoms with van der Waals surface area (Å²) < 4.78 is 5.00. The molecule has 17 heavy (non-hydrogen) atoms. The summed E-state index contributed by atoms with van der Waals surface area (Å²) >= 11 is 0. The number of carbonyl (C=O) groups excluding carboxylic acids is 1. The Bertz CT molecular complexity index is 392. The van der Waals surface area contributed by atoms with Crippen LogP contribution in [0.15, 0.2) is 10.6 Å². The van der Waals surface area contributed by atoms with Gasteiger partial charge in [0.1, 0.15) is 0 Å². The van der Waals surface area contributed by atoms with E-state index < -0.39 is 0 Å². The molecule has 1 aromatic rings. The lowest BCUT2D eigenvalue weighted by Crippen LogP contribution is -2.50. The van der Waals surface area contributed by atoms with Gasteiger partial charge in [0.05, 0.1) is 5.69 Å². The van der Waals surface area contributed by atoms with E-state index in [1.54, 1.807) is 6.07 Å². The Morgan fingerprint density at radius 1 is 1.35 bits per heavy atom. The second-order valence-corrected chi connectivity index (χ2v) is 4.75. The van der Waals surface area contributed by atoms with Crippen molar-refractivity contribution in [2.75, 3.05) is 26.2 Å². The number of piperazine rings is 1. The van der Waals surface area contributed by atoms with Crippen molar-refractivity contribution in [1.29, 1.82) is 0 Å². The van der Waals surface area contributed by atoms with Crippen LogP contribution in [0.25, 0.3) is 0 Å². The van der Waals surface area contributed by atoms with Gasteiger partial charge in [-0.2, -0.15) is 0 Å². The van der Waals surface area contributed by atoms with E-state index in [2.05, 4.69) is 23.9 Å². The van der Waals surface area contributed by atoms with Crippen molar-refractivity contribution < 1.29 is 9.32 Å². The maximum atomic E-state index is 12.1. The largest absolute Gasteiger partial charge is 0.351 e. The molecular weight excluding hydrogens is 218 g/mol. The smallest absolute Gasteiger partial charge is 0.292 e. The molecule has 1 aliphatic rings. The van der Waals surface area contributed by atoms with Crippen molar-refractivity contribution in [2.24, 2.45) is 0 Å². The molecule has 2 rings (SSSR count). The van der Waals surface area contributed by atoms with Crippen molar-refractivity contribution >= 4 is 5.91 Å². The number of aryl methyl sites for hydroxylation is 1. The van der Waals surface area contributed by atoms with E-state index in [1.165, 1.54) is 0 Å². The summed E-state index contributed by atoms with van der Waals surface area (Å²) in [6.45, 7) is 9.55. The molecule has 0 unspecified atom stereocenters. The van der Waals surface area contributed by atoms with Gasteiger partial charge in [0.25, 0.3) is 5.91 Å². The number of rotatable bonds is 2. The Kier molecular flexibility index (Phi) is 3.47. The van der Waals surface area contributed by atoms with Crippen LogP contribution in [-0.4, -0.2) is 53.1 Å². The van der Waals surface area contributed by atoms with E-state index >= 15 is 0 Å². The van der Waals surface area contributed by atoms with Crippen molar-refractivity contribution in [2.45, 2.75) is 26.8 Å². The lowest BCUT2D eigenvalue weighted by Gasteiger charge is -2.36. The van der Waals surface area contributed by atoms with Gasteiger partial charge in [0.15, 0.2) is 0 Å². The molecule has 0 aromatic carbocycles. The zero-order valence-corrected chi connectivity index (χ0v) is 10.6. The van der Waals surface area contributed by atoms with E-state index in [0.717, 1.165) is 31.9 Å². The molecule has 0 bridgehead atoms. The summed E-state index contributed by atoms with van der Waals surface area (Å²) in [7, 11) is 0. The van der Waals surface area contributed by atoms with Crippen LogP contribution in [0, 0.1) is 6.92 Å². The zero-order valence-electron chi connectivity index (χ0n) is 10.6. The van der Waals surface area contributed by atoms with Gasteiger partial charge in [0, 0.05) is 38.3 Å². The molecule has 0 saturated carbocycles. The second-order valence-electron chi connectivity index (χ2n) is 4.75. The molecule has 1 amide bonds. The van der Waals surface area contributed by atoms with Crippen molar-refractivity contribution in [1.82, 2.24) is 15.0 Å². The lowest BCUT2D eigenvalue weighted by atomic mass is 10.2. The number of hydrogen-bond donors (Lipinski definition) is 0. The maximum Gasteiger partial charge on any atom is 0.292 e. The Labute approximate surface area is 101 Å². The van der Waals surface area contributed by atoms with Crippen LogP contribution < -0.4 is 0 Å². The molecule has 1 aromatic heterocycles. The topological polar surface area (TPSA) is 49.6 Å². The molecule has 2 heterocycles. The second kappa shape index (κ2) is 4.87. The molecule has 1 aliphatic heterocycles. The summed E-state index contributed by atoms with van der Waals surface area (Å²) in [4.78, 5) is 16.3. The number of hydrogen-bond acceptors (Lipinski definition) is 4. The van der Waals surface area contributed by atoms with Crippen LogP contribution in [0.2, 0.25) is 0 Å². The fraction of sp³-hybridized carbons (Fsp3) is 0.667. The molecule has 94 valence electrons. The standard InChI is InChI=1S/C12H19N3O2/c1-9(2)14-4-6-15(7-5-14)12(16)11-8-10(3)13-17-11/h8-9H,4-7H2,1-3H3. The van der Waals surface area contributed by atoms with E-state index in [4.69, 9.17) is 4.52 Å². The van der Waals surface area contributed by atoms with E-state index in [1.807, 2.05) is 11.8 Å². The van der Waals surface area contributed by atoms with Crippen LogP contribution in [-0.2, 0) is 0 Å². The summed E-state index contributed by atoms with van der Waals surface area (Å²) in [5.74, 6) is 0.300. The van der Waals surface area contributed by atoms with E-state index in [-0.39, 0.29) is 5.91 Å². The average Bonchev–Trinajstić information content (AvgIpc) is 2.75. The fourth-order valence-corrected chi connectivity index (χ4v) is 2.06. The molecule has 0 atom stereocenters. The van der Waals surface area contributed by atoms with Crippen molar-refractivity contribution in [3.63, 3.8) is 0 Å². The highest BCUT2D eigenvalue weighted by Gasteiger charge is 2.25. The zero-order chi connectivity index (χ0) is 12.4. The van der Waals surface area contributed by atoms with Gasteiger partial charge in [-0.05, 0) is 20.8 Å². The summed E-state index contributed by atoms with van der Waals surface area (Å²) in [6, 6.07) is 2.23. The molecule has 1 saturated heterocycles. The summed E-state index contributed by atoms with van der Waals surface area (Å²) in [5.41, 5.74) is 0.745. The first-order valence-electron chi connectivity index (χ1n) is 6.04. The number of aromatic nitrogens is 1. The summed E-state index contributed by atoms with van der Waals surface area (Å²) in [5, 5.41) is 3.74. The first-order valence-corrected chi connectivity index (χ1v) is 6.04. The van der Waals surface area contributed by atoms with Gasteiger partial charge >= 0.3 is 0 Å². The Morgan fingerprint density at radius 3 is 2.47 bits per heavy atom. The van der Waals surface area contributed by atoms with Crippen LogP contribution in [0.4, 0.5) is 0 Å². The highest BCUT2D eigenvalue weighted by molar-refractivity contribution is 5.91. The Morgan fingerprint density at radius 2 is 2.00 bits per heavy atom. The normalized spacial score (nSPS) is 17.8. The highest BCUT2D eigenvalue weighted by Crippen LogP contribution is 2.11. The van der Waals surface area contributed by atoms with Crippen LogP contribution >= 0.6 is 0 Å². The first kappa shape index (κ1) is 12.1. The summed E-state index contributed by atoms with van der Waals surface area (Å²) in [6.07, 6.45) is 0. The minimum atomic E-state index is -0.0472. The van der Waals surface area contributed by atoms with Gasteiger partial charge in [-0.3, -0.25) is 9.69 Å². The van der Waals surface area contributed by atoms with Crippen LogP contribution in [0.3, 0.4) is 0 Å². The van der Waals surface area contributed by atoms with Crippen LogP contribution in [0.5, 0.6) is 0 Å². The fourth-order valence-electron chi connectivity index (χ4n) is 2.06. The third-order valence-corrected chi connectivity index (χ3v) is 3.17. The number of carbonyl (C=O) groups is 1. The van der Waals surface area contributed by atoms with Gasteiger partial charge in [0.2, 0.25) is 5.76 Å². The van der Waals surface area contributed by atoms with Gasteiger partial charge < -0.3 is 9.42 Å². The molecule has 0 N–H and O–H groups in total. The Balaban J connectivity index is 1.95. The van der Waals surface area contributed by atoms with Gasteiger partial charge in [-0.25, -0.2) is 0 Å². The first-order chi connectivity index (χ1) is 8.08. The lowest BCUT2D eigenvalue weighted by molar-refractivity contribution is 0.0557. The molecule has 5 nitrogen and oxygen atoms in total. The predicted molar refractivity (Wildman–Crippen MR) is 63.9 cm³/mol. The number of nitrogens with zero attached hydrogens (tertiary/aromatic N) is 3. The monoisotopic (exact) mass is 237 g/mol. The molecule has 5 heteroatoms. The SMILES string of the molecule is Cc1cc(C(=O)N2CCN(C(C)C)CC2)on1. The molecule has 0 radical (unpaired) electrons. The number of amides is 1. The molecule has 0 spiro atoms. The quantitative estimate of drug-likeness (QED) is 0.774. The Hall–Kier alpha value is -1.36. The van der Waals surface area contributed by atoms with Crippen molar-refractivity contribution in [3.05, 3.63) is 17.5 Å². The van der Waals surface area contributed by atoms with E-state index in [0.29, 0.717) is 11.8 Å². The minimum absolute atomic E-state index is 0.0472. The minimum Gasteiger partial charge on any atom is -0.351 e. The third kappa shape index (κ3) is 2.66. The van der Waals surface area contributed by atoms with E-state index in [9.17, 15) is 4.79 Å². The molecular formula is C12H19N3O2. The van der Waals surface area contributed by atoms with Crippen LogP contribution in [0.1, 0.15) is 30.1 Å². The average molecular weight is 237 g/mol.